The minimum Gasteiger partial charge on any atom is -0.341 e. The first-order valence-electron chi connectivity index (χ1n) is 3.64. The van der Waals surface area contributed by atoms with Crippen LogP contribution >= 0.6 is 24.0 Å². The highest BCUT2D eigenvalue weighted by Gasteiger charge is 2.03. The summed E-state index contributed by atoms with van der Waals surface area (Å²) in [5.74, 6) is 0.581. The second kappa shape index (κ2) is 5.03. The molecule has 0 saturated carbocycles. The third-order valence-corrected chi connectivity index (χ3v) is 2.71. The van der Waals surface area contributed by atoms with E-state index >= 15 is 0 Å². The average molecular weight is 218 g/mol. The van der Waals surface area contributed by atoms with E-state index in [-0.39, 0.29) is 6.03 Å². The molecule has 13 heavy (non-hydrogen) atoms. The van der Waals surface area contributed by atoms with Crippen LogP contribution < -0.4 is 10.6 Å². The van der Waals surface area contributed by atoms with Crippen LogP contribution in [-0.4, -0.2) is 23.3 Å². The Balaban J connectivity index is 2.41. The summed E-state index contributed by atoms with van der Waals surface area (Å²) in [5.41, 5.74) is 0. The molecule has 0 fully saturated rings. The number of thiol groups is 1. The highest BCUT2D eigenvalue weighted by Crippen LogP contribution is 2.10. The van der Waals surface area contributed by atoms with Gasteiger partial charge in [-0.1, -0.05) is 11.3 Å². The molecule has 0 aliphatic carbocycles. The number of hydrogen-bond acceptors (Lipinski definition) is 5. The first kappa shape index (κ1) is 10.3. The fourth-order valence-corrected chi connectivity index (χ4v) is 1.57. The van der Waals surface area contributed by atoms with E-state index in [1.54, 1.807) is 7.05 Å². The van der Waals surface area contributed by atoms with Crippen molar-refractivity contribution in [2.45, 2.75) is 12.3 Å². The predicted molar refractivity (Wildman–Crippen MR) is 53.9 cm³/mol. The lowest BCUT2D eigenvalue weighted by molar-refractivity contribution is 0.242. The van der Waals surface area contributed by atoms with E-state index in [1.807, 2.05) is 0 Å². The Morgan fingerprint density at radius 1 is 1.54 bits per heavy atom. The summed E-state index contributed by atoms with van der Waals surface area (Å²) in [4.78, 5) is 10.8. The molecule has 1 aromatic rings. The van der Waals surface area contributed by atoms with Gasteiger partial charge in [0.15, 0.2) is 0 Å². The summed E-state index contributed by atoms with van der Waals surface area (Å²) in [6, 6.07) is -0.220. The van der Waals surface area contributed by atoms with E-state index in [2.05, 4.69) is 33.5 Å². The highest BCUT2D eigenvalue weighted by molar-refractivity contribution is 7.79. The van der Waals surface area contributed by atoms with Gasteiger partial charge in [0.1, 0.15) is 10.0 Å². The van der Waals surface area contributed by atoms with Gasteiger partial charge in [-0.2, -0.15) is 12.6 Å². The van der Waals surface area contributed by atoms with Crippen LogP contribution in [0.4, 0.5) is 4.79 Å². The summed E-state index contributed by atoms with van der Waals surface area (Å²) in [7, 11) is 1.56. The normalized spacial score (nSPS) is 9.69. The molecule has 0 bridgehead atoms. The van der Waals surface area contributed by atoms with Gasteiger partial charge < -0.3 is 10.6 Å². The Kier molecular flexibility index (Phi) is 3.97. The summed E-state index contributed by atoms with van der Waals surface area (Å²) >= 11 is 5.50. The number of nitrogens with zero attached hydrogens (tertiary/aromatic N) is 2. The molecule has 0 saturated heterocycles. The monoisotopic (exact) mass is 218 g/mol. The molecule has 72 valence electrons. The van der Waals surface area contributed by atoms with Crippen molar-refractivity contribution in [2.75, 3.05) is 7.05 Å². The van der Waals surface area contributed by atoms with Crippen LogP contribution in [0.25, 0.3) is 0 Å². The summed E-state index contributed by atoms with van der Waals surface area (Å²) in [6.45, 7) is 0.408. The Morgan fingerprint density at radius 3 is 2.77 bits per heavy atom. The molecule has 0 aliphatic heterocycles. The summed E-state index contributed by atoms with van der Waals surface area (Å²) in [6.07, 6.45) is 0. The number of nitrogens with one attached hydrogen (secondary N) is 2. The predicted octanol–water partition coefficient (Wildman–Crippen LogP) is 0.397. The van der Waals surface area contributed by atoms with Crippen molar-refractivity contribution in [3.63, 3.8) is 0 Å². The molecular formula is C6H10N4OS2. The SMILES string of the molecule is CNC(=O)NCc1nnc(CS)s1. The number of rotatable bonds is 3. The van der Waals surface area contributed by atoms with Crippen LogP contribution in [0.3, 0.4) is 0 Å². The van der Waals surface area contributed by atoms with E-state index in [1.165, 1.54) is 11.3 Å². The minimum atomic E-state index is -0.220. The number of carbonyl (C=O) groups excluding carboxylic acids is 1. The first-order chi connectivity index (χ1) is 6.26. The zero-order chi connectivity index (χ0) is 9.68. The molecule has 1 aromatic heterocycles. The molecule has 0 radical (unpaired) electrons. The van der Waals surface area contributed by atoms with E-state index in [4.69, 9.17) is 0 Å². The largest absolute Gasteiger partial charge is 0.341 e. The van der Waals surface area contributed by atoms with E-state index in [0.717, 1.165) is 10.0 Å². The fraction of sp³-hybridized carbons (Fsp3) is 0.500. The molecule has 0 aliphatic rings. The van der Waals surface area contributed by atoms with Gasteiger partial charge in [0.05, 0.1) is 6.54 Å². The van der Waals surface area contributed by atoms with Crippen molar-refractivity contribution < 1.29 is 4.79 Å². The topological polar surface area (TPSA) is 66.9 Å². The van der Waals surface area contributed by atoms with Gasteiger partial charge in [0.25, 0.3) is 0 Å². The van der Waals surface area contributed by atoms with Crippen LogP contribution in [0.2, 0.25) is 0 Å². The van der Waals surface area contributed by atoms with Crippen LogP contribution in [0, 0.1) is 0 Å². The lowest BCUT2D eigenvalue weighted by atomic mass is 10.7. The van der Waals surface area contributed by atoms with Crippen LogP contribution in [0.1, 0.15) is 10.0 Å². The molecule has 1 heterocycles. The molecular weight excluding hydrogens is 208 g/mol. The quantitative estimate of drug-likeness (QED) is 0.643. The van der Waals surface area contributed by atoms with Gasteiger partial charge in [-0.25, -0.2) is 4.79 Å². The summed E-state index contributed by atoms with van der Waals surface area (Å²) < 4.78 is 0. The average Bonchev–Trinajstić information content (AvgIpc) is 2.61. The zero-order valence-corrected chi connectivity index (χ0v) is 8.78. The van der Waals surface area contributed by atoms with E-state index < -0.39 is 0 Å². The lowest BCUT2D eigenvalue weighted by Gasteiger charge is -1.99. The molecule has 1 rings (SSSR count). The maximum Gasteiger partial charge on any atom is 0.314 e. The van der Waals surface area contributed by atoms with Crippen LogP contribution in [-0.2, 0) is 12.3 Å². The Morgan fingerprint density at radius 2 is 2.23 bits per heavy atom. The molecule has 0 unspecified atom stereocenters. The van der Waals surface area contributed by atoms with Crippen molar-refractivity contribution in [2.24, 2.45) is 0 Å². The van der Waals surface area contributed by atoms with Crippen molar-refractivity contribution in [3.05, 3.63) is 10.0 Å². The van der Waals surface area contributed by atoms with Crippen molar-refractivity contribution >= 4 is 30.0 Å². The van der Waals surface area contributed by atoms with Gasteiger partial charge in [0.2, 0.25) is 0 Å². The third kappa shape index (κ3) is 3.19. The van der Waals surface area contributed by atoms with Crippen LogP contribution in [0.5, 0.6) is 0 Å². The maximum atomic E-state index is 10.8. The maximum absolute atomic E-state index is 10.8. The number of carbonyl (C=O) groups is 1. The Bertz CT molecular complexity index is 288. The van der Waals surface area contributed by atoms with Gasteiger partial charge in [-0.3, -0.25) is 0 Å². The molecule has 0 spiro atoms. The van der Waals surface area contributed by atoms with Gasteiger partial charge >= 0.3 is 6.03 Å². The summed E-state index contributed by atoms with van der Waals surface area (Å²) in [5, 5.41) is 14.4. The number of aromatic nitrogens is 2. The molecule has 0 atom stereocenters. The molecule has 2 N–H and O–H groups in total. The lowest BCUT2D eigenvalue weighted by Crippen LogP contribution is -2.32. The first-order valence-corrected chi connectivity index (χ1v) is 5.09. The standard InChI is InChI=1S/C6H10N4OS2/c1-7-6(11)8-2-4-9-10-5(3-12)13-4/h12H,2-3H2,1H3,(H2,7,8,11). The third-order valence-electron chi connectivity index (χ3n) is 1.27. The van der Waals surface area contributed by atoms with Gasteiger partial charge in [-0.15, -0.1) is 10.2 Å². The smallest absolute Gasteiger partial charge is 0.314 e. The second-order valence-corrected chi connectivity index (χ2v) is 3.64. The van der Waals surface area contributed by atoms with Gasteiger partial charge in [0, 0.05) is 12.8 Å². The van der Waals surface area contributed by atoms with E-state index in [9.17, 15) is 4.79 Å². The fourth-order valence-electron chi connectivity index (χ4n) is 0.668. The van der Waals surface area contributed by atoms with Crippen molar-refractivity contribution in [3.8, 4) is 0 Å². The van der Waals surface area contributed by atoms with E-state index in [0.29, 0.717) is 12.3 Å². The number of urea groups is 1. The molecule has 5 nitrogen and oxygen atoms in total. The Hall–Kier alpha value is -0.820. The highest BCUT2D eigenvalue weighted by atomic mass is 32.1. The Labute approximate surface area is 85.4 Å². The van der Waals surface area contributed by atoms with Crippen LogP contribution in [0.15, 0.2) is 0 Å². The molecule has 7 heteroatoms. The number of amides is 2. The zero-order valence-electron chi connectivity index (χ0n) is 7.07. The number of hydrogen-bond donors (Lipinski definition) is 3. The van der Waals surface area contributed by atoms with Crippen molar-refractivity contribution in [1.29, 1.82) is 0 Å². The second-order valence-electron chi connectivity index (χ2n) is 2.18. The van der Waals surface area contributed by atoms with Crippen molar-refractivity contribution in [1.82, 2.24) is 20.8 Å². The molecule has 2 amide bonds. The molecule has 0 aromatic carbocycles. The van der Waals surface area contributed by atoms with Gasteiger partial charge in [-0.05, 0) is 0 Å². The minimum absolute atomic E-state index is 0.220.